The first-order chi connectivity index (χ1) is 12.3. The Morgan fingerprint density at radius 2 is 1.73 bits per heavy atom. The van der Waals surface area contributed by atoms with Gasteiger partial charge in [-0.2, -0.15) is 0 Å². The Labute approximate surface area is 159 Å². The number of amides is 2. The van der Waals surface area contributed by atoms with Crippen LogP contribution < -0.4 is 15.6 Å². The number of nitrogens with one attached hydrogen (secondary N) is 3. The van der Waals surface area contributed by atoms with Gasteiger partial charge in [-0.25, -0.2) is 8.42 Å². The topological polar surface area (TPSA) is 104 Å². The maximum atomic E-state index is 12.3. The summed E-state index contributed by atoms with van der Waals surface area (Å²) in [6.07, 6.45) is 1.43. The molecule has 26 heavy (non-hydrogen) atoms. The molecule has 0 aliphatic rings. The van der Waals surface area contributed by atoms with E-state index >= 15 is 0 Å². The second-order valence-electron chi connectivity index (χ2n) is 5.17. The van der Waals surface area contributed by atoms with Crippen LogP contribution in [0.2, 0.25) is 0 Å². The molecule has 9 heteroatoms. The number of hydrogen-bond donors (Lipinski definition) is 3. The number of halogens is 1. The first kappa shape index (κ1) is 19.8. The van der Waals surface area contributed by atoms with Gasteiger partial charge in [-0.3, -0.25) is 15.0 Å². The SMILES string of the molecule is CC(=O)N/C(=C\c1ccccc1)C(=O)NNS(=O)(=O)c1cccc(Br)c1. The number of carbonyl (C=O) groups excluding carboxylic acids is 2. The van der Waals surface area contributed by atoms with Crippen molar-refractivity contribution in [2.24, 2.45) is 0 Å². The van der Waals surface area contributed by atoms with Crippen LogP contribution in [0.25, 0.3) is 6.08 Å². The van der Waals surface area contributed by atoms with E-state index in [0.29, 0.717) is 10.0 Å². The molecule has 0 spiro atoms. The zero-order valence-electron chi connectivity index (χ0n) is 13.7. The van der Waals surface area contributed by atoms with Crippen LogP contribution in [-0.4, -0.2) is 20.2 Å². The number of carbonyl (C=O) groups is 2. The highest BCUT2D eigenvalue weighted by Gasteiger charge is 2.17. The van der Waals surface area contributed by atoms with Crippen LogP contribution in [0.4, 0.5) is 0 Å². The average molecular weight is 438 g/mol. The van der Waals surface area contributed by atoms with E-state index in [-0.39, 0.29) is 10.6 Å². The zero-order valence-corrected chi connectivity index (χ0v) is 16.1. The first-order valence-corrected chi connectivity index (χ1v) is 9.67. The highest BCUT2D eigenvalue weighted by Crippen LogP contribution is 2.15. The molecule has 2 aromatic rings. The average Bonchev–Trinajstić information content (AvgIpc) is 2.60. The van der Waals surface area contributed by atoms with E-state index in [1.54, 1.807) is 36.4 Å². The molecule has 7 nitrogen and oxygen atoms in total. The largest absolute Gasteiger partial charge is 0.322 e. The lowest BCUT2D eigenvalue weighted by atomic mass is 10.2. The summed E-state index contributed by atoms with van der Waals surface area (Å²) in [5.74, 6) is -1.26. The molecule has 0 radical (unpaired) electrons. The zero-order chi connectivity index (χ0) is 19.2. The van der Waals surface area contributed by atoms with E-state index in [4.69, 9.17) is 0 Å². The lowest BCUT2D eigenvalue weighted by Gasteiger charge is -2.11. The standard InChI is InChI=1S/C17H16BrN3O4S/c1-12(22)19-16(10-13-6-3-2-4-7-13)17(23)20-21-26(24,25)15-9-5-8-14(18)11-15/h2-11,21H,1H3,(H,19,22)(H,20,23)/b16-10-. The summed E-state index contributed by atoms with van der Waals surface area (Å²) in [6, 6.07) is 14.8. The third-order valence-electron chi connectivity index (χ3n) is 3.07. The Morgan fingerprint density at radius 1 is 1.04 bits per heavy atom. The fraction of sp³-hybridized carbons (Fsp3) is 0.0588. The maximum Gasteiger partial charge on any atom is 0.282 e. The monoisotopic (exact) mass is 437 g/mol. The molecular formula is C17H16BrN3O4S. The van der Waals surface area contributed by atoms with E-state index in [2.05, 4.69) is 26.7 Å². The van der Waals surface area contributed by atoms with Gasteiger partial charge < -0.3 is 5.32 Å². The summed E-state index contributed by atoms with van der Waals surface area (Å²) in [7, 11) is -3.96. The van der Waals surface area contributed by atoms with Crippen molar-refractivity contribution < 1.29 is 18.0 Å². The minimum Gasteiger partial charge on any atom is -0.322 e. The van der Waals surface area contributed by atoms with Gasteiger partial charge in [0.15, 0.2) is 0 Å². The predicted molar refractivity (Wildman–Crippen MR) is 101 cm³/mol. The van der Waals surface area contributed by atoms with Gasteiger partial charge in [-0.1, -0.05) is 52.3 Å². The summed E-state index contributed by atoms with van der Waals surface area (Å²) in [5, 5.41) is 2.38. The number of sulfonamides is 1. The molecular weight excluding hydrogens is 422 g/mol. The molecule has 136 valence electrons. The van der Waals surface area contributed by atoms with Gasteiger partial charge in [0, 0.05) is 11.4 Å². The second kappa shape index (κ2) is 8.75. The van der Waals surface area contributed by atoms with E-state index in [9.17, 15) is 18.0 Å². The van der Waals surface area contributed by atoms with E-state index < -0.39 is 21.8 Å². The predicted octanol–water partition coefficient (Wildman–Crippen LogP) is 1.94. The molecule has 0 aromatic heterocycles. The van der Waals surface area contributed by atoms with Crippen molar-refractivity contribution in [2.75, 3.05) is 0 Å². The van der Waals surface area contributed by atoms with Gasteiger partial charge in [-0.15, -0.1) is 4.83 Å². The van der Waals surface area contributed by atoms with Gasteiger partial charge in [0.1, 0.15) is 5.70 Å². The smallest absolute Gasteiger partial charge is 0.282 e. The lowest BCUT2D eigenvalue weighted by Crippen LogP contribution is -2.44. The third-order valence-corrected chi connectivity index (χ3v) is 4.81. The van der Waals surface area contributed by atoms with Crippen LogP contribution >= 0.6 is 15.9 Å². The van der Waals surface area contributed by atoms with Gasteiger partial charge in [-0.05, 0) is 29.8 Å². The molecule has 0 aliphatic carbocycles. The summed E-state index contributed by atoms with van der Waals surface area (Å²) in [4.78, 5) is 25.6. The van der Waals surface area contributed by atoms with Gasteiger partial charge >= 0.3 is 0 Å². The minimum atomic E-state index is -3.96. The van der Waals surface area contributed by atoms with Crippen LogP contribution in [-0.2, 0) is 19.6 Å². The number of rotatable bonds is 6. The van der Waals surface area contributed by atoms with Crippen LogP contribution in [0, 0.1) is 0 Å². The molecule has 0 atom stereocenters. The third kappa shape index (κ3) is 5.80. The molecule has 3 N–H and O–H groups in total. The molecule has 0 fully saturated rings. The first-order valence-electron chi connectivity index (χ1n) is 7.40. The Balaban J connectivity index is 2.17. The van der Waals surface area contributed by atoms with Crippen molar-refractivity contribution >= 4 is 43.8 Å². The van der Waals surface area contributed by atoms with Crippen molar-refractivity contribution in [3.8, 4) is 0 Å². The molecule has 0 heterocycles. The van der Waals surface area contributed by atoms with Crippen molar-refractivity contribution in [1.82, 2.24) is 15.6 Å². The Bertz CT molecular complexity index is 943. The highest BCUT2D eigenvalue weighted by molar-refractivity contribution is 9.10. The molecule has 0 aliphatic heterocycles. The summed E-state index contributed by atoms with van der Waals surface area (Å²) >= 11 is 3.19. The van der Waals surface area contributed by atoms with Crippen LogP contribution in [0.15, 0.2) is 69.7 Å². The fourth-order valence-electron chi connectivity index (χ4n) is 1.94. The number of hydrogen-bond acceptors (Lipinski definition) is 4. The van der Waals surface area contributed by atoms with Crippen LogP contribution in [0.1, 0.15) is 12.5 Å². The Hall–Kier alpha value is -2.49. The minimum absolute atomic E-state index is 0.0275. The molecule has 0 unspecified atom stereocenters. The van der Waals surface area contributed by atoms with Crippen molar-refractivity contribution in [1.29, 1.82) is 0 Å². The van der Waals surface area contributed by atoms with Crippen LogP contribution in [0.3, 0.4) is 0 Å². The summed E-state index contributed by atoms with van der Waals surface area (Å²) < 4.78 is 25.1. The Kier molecular flexibility index (Phi) is 6.67. The molecule has 2 rings (SSSR count). The second-order valence-corrected chi connectivity index (χ2v) is 7.76. The number of hydrazine groups is 1. The van der Waals surface area contributed by atoms with Gasteiger partial charge in [0.05, 0.1) is 4.90 Å². The highest BCUT2D eigenvalue weighted by atomic mass is 79.9. The van der Waals surface area contributed by atoms with Gasteiger partial charge in [0.2, 0.25) is 5.91 Å². The van der Waals surface area contributed by atoms with Gasteiger partial charge in [0.25, 0.3) is 15.9 Å². The Morgan fingerprint density at radius 3 is 2.35 bits per heavy atom. The van der Waals surface area contributed by atoms with Crippen molar-refractivity contribution in [3.05, 3.63) is 70.3 Å². The van der Waals surface area contributed by atoms with Crippen molar-refractivity contribution in [3.63, 3.8) is 0 Å². The molecule has 0 saturated heterocycles. The van der Waals surface area contributed by atoms with E-state index in [1.807, 2.05) is 10.9 Å². The van der Waals surface area contributed by atoms with E-state index in [0.717, 1.165) is 0 Å². The van der Waals surface area contributed by atoms with Crippen molar-refractivity contribution in [2.45, 2.75) is 11.8 Å². The molecule has 0 saturated carbocycles. The fourth-order valence-corrected chi connectivity index (χ4v) is 3.37. The van der Waals surface area contributed by atoms with E-state index in [1.165, 1.54) is 25.1 Å². The lowest BCUT2D eigenvalue weighted by molar-refractivity contribution is -0.122. The summed E-state index contributed by atoms with van der Waals surface area (Å²) in [6.45, 7) is 1.25. The quantitative estimate of drug-likeness (QED) is 0.474. The molecule has 0 bridgehead atoms. The number of benzene rings is 2. The molecule has 2 aromatic carbocycles. The van der Waals surface area contributed by atoms with Crippen LogP contribution in [0.5, 0.6) is 0 Å². The summed E-state index contributed by atoms with van der Waals surface area (Å²) in [5.41, 5.74) is 2.66. The maximum absolute atomic E-state index is 12.3. The molecule has 2 amide bonds. The normalized spacial score (nSPS) is 11.7.